The molecule has 1 amide bonds. The number of rotatable bonds is 8. The van der Waals surface area contributed by atoms with E-state index in [0.29, 0.717) is 18.6 Å². The van der Waals surface area contributed by atoms with Gasteiger partial charge in [-0.05, 0) is 76.3 Å². The molecular formula is C21H32N2O3. The van der Waals surface area contributed by atoms with Crippen molar-refractivity contribution in [2.75, 3.05) is 32.1 Å². The van der Waals surface area contributed by atoms with Crippen LogP contribution in [0.4, 0.5) is 5.69 Å². The Labute approximate surface area is 157 Å². The van der Waals surface area contributed by atoms with Gasteiger partial charge in [-0.15, -0.1) is 0 Å². The Kier molecular flexibility index (Phi) is 6.20. The first-order chi connectivity index (χ1) is 12.5. The van der Waals surface area contributed by atoms with Crippen LogP contribution in [0.5, 0.6) is 5.75 Å². The molecule has 1 aliphatic heterocycles. The normalized spacial score (nSPS) is 23.3. The number of benzene rings is 1. The lowest BCUT2D eigenvalue weighted by Gasteiger charge is -2.33. The van der Waals surface area contributed by atoms with Crippen LogP contribution in [0.2, 0.25) is 0 Å². The van der Waals surface area contributed by atoms with Gasteiger partial charge in [0, 0.05) is 25.4 Å². The fraction of sp³-hybridized carbons (Fsp3) is 0.667. The van der Waals surface area contributed by atoms with E-state index in [-0.39, 0.29) is 5.91 Å². The molecule has 1 heterocycles. The molecule has 5 nitrogen and oxygen atoms in total. The summed E-state index contributed by atoms with van der Waals surface area (Å²) in [7, 11) is 1.61. The molecule has 2 fully saturated rings. The third-order valence-electron chi connectivity index (χ3n) is 5.93. The van der Waals surface area contributed by atoms with Crippen LogP contribution < -0.4 is 10.1 Å². The van der Waals surface area contributed by atoms with Gasteiger partial charge in [0.15, 0.2) is 0 Å². The number of carbonyl (C=O) groups excluding carboxylic acids is 1. The van der Waals surface area contributed by atoms with Gasteiger partial charge in [0.05, 0.1) is 0 Å². The molecule has 1 N–H and O–H groups in total. The molecule has 26 heavy (non-hydrogen) atoms. The van der Waals surface area contributed by atoms with Gasteiger partial charge in [0.2, 0.25) is 0 Å². The van der Waals surface area contributed by atoms with E-state index in [4.69, 9.17) is 9.47 Å². The average Bonchev–Trinajstić information content (AvgIpc) is 3.49. The fourth-order valence-corrected chi connectivity index (χ4v) is 3.74. The molecule has 0 aromatic heterocycles. The molecule has 1 aliphatic carbocycles. The Balaban J connectivity index is 1.46. The molecule has 1 aromatic rings. The zero-order chi connectivity index (χ0) is 18.6. The first kappa shape index (κ1) is 19.2. The number of nitrogens with zero attached hydrogens (tertiary/aromatic N) is 1. The zero-order valence-electron chi connectivity index (χ0n) is 16.3. The predicted octanol–water partition coefficient (Wildman–Crippen LogP) is 3.69. The van der Waals surface area contributed by atoms with Crippen LogP contribution in [0.25, 0.3) is 0 Å². The number of nitrogens with one attached hydrogen (secondary N) is 1. The van der Waals surface area contributed by atoms with Crippen molar-refractivity contribution in [2.45, 2.75) is 57.6 Å². The van der Waals surface area contributed by atoms with Crippen molar-refractivity contribution in [3.05, 3.63) is 24.3 Å². The zero-order valence-corrected chi connectivity index (χ0v) is 16.3. The van der Waals surface area contributed by atoms with Crippen LogP contribution in [-0.2, 0) is 9.53 Å². The van der Waals surface area contributed by atoms with E-state index in [1.807, 2.05) is 31.2 Å². The summed E-state index contributed by atoms with van der Waals surface area (Å²) in [6.07, 6.45) is 6.03. The van der Waals surface area contributed by atoms with Crippen molar-refractivity contribution in [1.29, 1.82) is 0 Å². The molecule has 5 heteroatoms. The van der Waals surface area contributed by atoms with Crippen molar-refractivity contribution < 1.29 is 14.3 Å². The summed E-state index contributed by atoms with van der Waals surface area (Å²) < 4.78 is 11.4. The maximum Gasteiger partial charge on any atom is 0.256 e. The van der Waals surface area contributed by atoms with Crippen molar-refractivity contribution in [3.63, 3.8) is 0 Å². The monoisotopic (exact) mass is 360 g/mol. The number of hydrogen-bond acceptors (Lipinski definition) is 4. The predicted molar refractivity (Wildman–Crippen MR) is 104 cm³/mol. The number of amides is 1. The van der Waals surface area contributed by atoms with Crippen LogP contribution >= 0.6 is 0 Å². The molecule has 0 unspecified atom stereocenters. The number of likely N-dealkylation sites (tertiary alicyclic amines) is 1. The first-order valence-corrected chi connectivity index (χ1v) is 9.86. The maximum absolute atomic E-state index is 12.5. The summed E-state index contributed by atoms with van der Waals surface area (Å²) in [5.74, 6) is 1.09. The van der Waals surface area contributed by atoms with Gasteiger partial charge in [-0.1, -0.05) is 6.42 Å². The molecule has 3 rings (SSSR count). The SMILES string of the molecule is CO[C@](C)(C(=O)Nc1ccc(OCCN2CCCC[C@H]2C)cc1)C1CC1. The van der Waals surface area contributed by atoms with Crippen molar-refractivity contribution in [3.8, 4) is 5.75 Å². The second-order valence-electron chi connectivity index (χ2n) is 7.79. The van der Waals surface area contributed by atoms with Gasteiger partial charge in [-0.3, -0.25) is 9.69 Å². The second-order valence-corrected chi connectivity index (χ2v) is 7.79. The number of carbonyl (C=O) groups is 1. The van der Waals surface area contributed by atoms with Crippen LogP contribution in [0.3, 0.4) is 0 Å². The highest BCUT2D eigenvalue weighted by Gasteiger charge is 2.47. The number of hydrogen-bond donors (Lipinski definition) is 1. The van der Waals surface area contributed by atoms with Gasteiger partial charge in [0.1, 0.15) is 18.0 Å². The summed E-state index contributed by atoms with van der Waals surface area (Å²) in [6.45, 7) is 7.01. The third kappa shape index (κ3) is 4.57. The van der Waals surface area contributed by atoms with Gasteiger partial charge in [-0.2, -0.15) is 0 Å². The molecule has 0 bridgehead atoms. The minimum atomic E-state index is -0.736. The lowest BCUT2D eigenvalue weighted by molar-refractivity contribution is -0.138. The molecule has 0 spiro atoms. The lowest BCUT2D eigenvalue weighted by Crippen LogP contribution is -2.44. The highest BCUT2D eigenvalue weighted by atomic mass is 16.5. The van der Waals surface area contributed by atoms with Crippen molar-refractivity contribution in [2.24, 2.45) is 5.92 Å². The number of ether oxygens (including phenoxy) is 2. The Hall–Kier alpha value is -1.59. The van der Waals surface area contributed by atoms with E-state index >= 15 is 0 Å². The van der Waals surface area contributed by atoms with E-state index in [2.05, 4.69) is 17.1 Å². The number of anilines is 1. The summed E-state index contributed by atoms with van der Waals surface area (Å²) in [5.41, 5.74) is 0.0382. The summed E-state index contributed by atoms with van der Waals surface area (Å²) in [4.78, 5) is 15.0. The minimum Gasteiger partial charge on any atom is -0.492 e. The molecule has 1 saturated carbocycles. The second kappa shape index (κ2) is 8.40. The molecule has 0 radical (unpaired) electrons. The number of piperidine rings is 1. The smallest absolute Gasteiger partial charge is 0.256 e. The van der Waals surface area contributed by atoms with Gasteiger partial charge in [-0.25, -0.2) is 0 Å². The average molecular weight is 360 g/mol. The molecule has 2 aliphatic rings. The van der Waals surface area contributed by atoms with E-state index in [1.165, 1.54) is 25.8 Å². The van der Waals surface area contributed by atoms with Gasteiger partial charge >= 0.3 is 0 Å². The van der Waals surface area contributed by atoms with E-state index in [0.717, 1.165) is 30.8 Å². The molecule has 1 saturated heterocycles. The summed E-state index contributed by atoms with van der Waals surface area (Å²) >= 11 is 0. The summed E-state index contributed by atoms with van der Waals surface area (Å²) in [5, 5.41) is 2.97. The van der Waals surface area contributed by atoms with E-state index in [1.54, 1.807) is 7.11 Å². The third-order valence-corrected chi connectivity index (χ3v) is 5.93. The van der Waals surface area contributed by atoms with Crippen molar-refractivity contribution >= 4 is 11.6 Å². The topological polar surface area (TPSA) is 50.8 Å². The first-order valence-electron chi connectivity index (χ1n) is 9.86. The maximum atomic E-state index is 12.5. The molecule has 1 aromatic carbocycles. The lowest BCUT2D eigenvalue weighted by atomic mass is 9.99. The van der Waals surface area contributed by atoms with E-state index in [9.17, 15) is 4.79 Å². The Bertz CT molecular complexity index is 600. The van der Waals surface area contributed by atoms with Crippen LogP contribution in [-0.4, -0.2) is 49.3 Å². The Morgan fingerprint density at radius 2 is 1.96 bits per heavy atom. The van der Waals surface area contributed by atoms with Crippen molar-refractivity contribution in [1.82, 2.24) is 4.90 Å². The van der Waals surface area contributed by atoms with Crippen LogP contribution in [0, 0.1) is 5.92 Å². The Morgan fingerprint density at radius 3 is 2.58 bits per heavy atom. The molecular weight excluding hydrogens is 328 g/mol. The van der Waals surface area contributed by atoms with Gasteiger partial charge in [0.25, 0.3) is 5.91 Å². The van der Waals surface area contributed by atoms with Gasteiger partial charge < -0.3 is 14.8 Å². The minimum absolute atomic E-state index is 0.0738. The highest BCUT2D eigenvalue weighted by molar-refractivity contribution is 5.97. The highest BCUT2D eigenvalue weighted by Crippen LogP contribution is 2.42. The molecule has 144 valence electrons. The number of methoxy groups -OCH3 is 1. The van der Waals surface area contributed by atoms with Crippen LogP contribution in [0.15, 0.2) is 24.3 Å². The Morgan fingerprint density at radius 1 is 1.23 bits per heavy atom. The van der Waals surface area contributed by atoms with E-state index < -0.39 is 5.60 Å². The quantitative estimate of drug-likeness (QED) is 0.768. The van der Waals surface area contributed by atoms with Crippen LogP contribution in [0.1, 0.15) is 46.0 Å². The standard InChI is InChI=1S/C21H32N2O3/c1-16-6-4-5-13-23(16)14-15-26-19-11-9-18(10-12-19)22-20(24)21(2,25-3)17-7-8-17/h9-12,16-17H,4-8,13-15H2,1-3H3,(H,22,24)/t16-,21+/m1/s1. The largest absolute Gasteiger partial charge is 0.492 e. The summed E-state index contributed by atoms with van der Waals surface area (Å²) in [6, 6.07) is 8.26. The molecule has 2 atom stereocenters. The fourth-order valence-electron chi connectivity index (χ4n) is 3.74.